The highest BCUT2D eigenvalue weighted by atomic mass is 16.5. The standard InChI is InChI=1S/C16H24N2O2/c1-16(2)14-8-17-7-12(14)10-18(16)9-11-4-5-13(20-3)6-15(11)19/h4-6,12,14,17,19H,7-10H2,1-3H3. The number of rotatable bonds is 3. The molecule has 0 bridgehead atoms. The lowest BCUT2D eigenvalue weighted by Gasteiger charge is -2.35. The summed E-state index contributed by atoms with van der Waals surface area (Å²) in [6.45, 7) is 8.80. The average Bonchev–Trinajstić information content (AvgIpc) is 2.96. The summed E-state index contributed by atoms with van der Waals surface area (Å²) in [6.07, 6.45) is 0. The normalized spacial score (nSPS) is 28.6. The number of nitrogens with zero attached hydrogens (tertiary/aromatic N) is 1. The largest absolute Gasteiger partial charge is 0.507 e. The molecular weight excluding hydrogens is 252 g/mol. The summed E-state index contributed by atoms with van der Waals surface area (Å²) in [5.74, 6) is 2.48. The molecule has 2 N–H and O–H groups in total. The van der Waals surface area contributed by atoms with Crippen molar-refractivity contribution in [1.29, 1.82) is 0 Å². The van der Waals surface area contributed by atoms with E-state index < -0.39 is 0 Å². The van der Waals surface area contributed by atoms with Gasteiger partial charge in [-0.25, -0.2) is 0 Å². The maximum absolute atomic E-state index is 10.1. The molecule has 3 rings (SSSR count). The van der Waals surface area contributed by atoms with Gasteiger partial charge in [0.25, 0.3) is 0 Å². The van der Waals surface area contributed by atoms with Gasteiger partial charge in [0, 0.05) is 36.8 Å². The van der Waals surface area contributed by atoms with Crippen LogP contribution < -0.4 is 10.1 Å². The van der Waals surface area contributed by atoms with Crippen molar-refractivity contribution < 1.29 is 9.84 Å². The molecule has 0 radical (unpaired) electrons. The van der Waals surface area contributed by atoms with E-state index in [2.05, 4.69) is 24.1 Å². The van der Waals surface area contributed by atoms with Gasteiger partial charge in [-0.2, -0.15) is 0 Å². The van der Waals surface area contributed by atoms with Crippen LogP contribution in [0.1, 0.15) is 19.4 Å². The molecule has 4 nitrogen and oxygen atoms in total. The number of ether oxygens (including phenoxy) is 1. The van der Waals surface area contributed by atoms with Crippen molar-refractivity contribution >= 4 is 0 Å². The first-order chi connectivity index (χ1) is 9.52. The Morgan fingerprint density at radius 1 is 1.40 bits per heavy atom. The van der Waals surface area contributed by atoms with Gasteiger partial charge in [0.05, 0.1) is 7.11 Å². The molecule has 2 unspecified atom stereocenters. The van der Waals surface area contributed by atoms with E-state index in [9.17, 15) is 5.11 Å². The zero-order chi connectivity index (χ0) is 14.3. The molecule has 2 aliphatic heterocycles. The Hall–Kier alpha value is -1.26. The summed E-state index contributed by atoms with van der Waals surface area (Å²) in [5, 5.41) is 13.6. The maximum Gasteiger partial charge on any atom is 0.123 e. The second-order valence-electron chi connectivity index (χ2n) is 6.55. The summed E-state index contributed by atoms with van der Waals surface area (Å²) in [5.41, 5.74) is 1.16. The van der Waals surface area contributed by atoms with Crippen LogP contribution in [-0.4, -0.2) is 42.3 Å². The first-order valence-corrected chi connectivity index (χ1v) is 7.34. The Balaban J connectivity index is 1.78. The topological polar surface area (TPSA) is 44.7 Å². The van der Waals surface area contributed by atoms with Crippen LogP contribution in [0.5, 0.6) is 11.5 Å². The number of fused-ring (bicyclic) bond motifs is 1. The first-order valence-electron chi connectivity index (χ1n) is 7.34. The second-order valence-corrected chi connectivity index (χ2v) is 6.55. The Labute approximate surface area is 120 Å². The molecule has 2 atom stereocenters. The molecule has 0 aliphatic carbocycles. The Morgan fingerprint density at radius 3 is 2.85 bits per heavy atom. The lowest BCUT2D eigenvalue weighted by atomic mass is 9.85. The van der Waals surface area contributed by atoms with Gasteiger partial charge in [0.15, 0.2) is 0 Å². The molecule has 2 fully saturated rings. The SMILES string of the molecule is COc1ccc(CN2CC3CNCC3C2(C)C)c(O)c1. The zero-order valence-electron chi connectivity index (χ0n) is 12.5. The summed E-state index contributed by atoms with van der Waals surface area (Å²) in [4.78, 5) is 2.50. The molecule has 1 aromatic carbocycles. The third-order valence-electron chi connectivity index (χ3n) is 5.17. The smallest absolute Gasteiger partial charge is 0.123 e. The molecule has 0 saturated carbocycles. The van der Waals surface area contributed by atoms with Crippen molar-refractivity contribution in [3.8, 4) is 11.5 Å². The van der Waals surface area contributed by atoms with Crippen LogP contribution in [0.3, 0.4) is 0 Å². The summed E-state index contributed by atoms with van der Waals surface area (Å²) in [6, 6.07) is 5.58. The fraction of sp³-hybridized carbons (Fsp3) is 0.625. The van der Waals surface area contributed by atoms with E-state index in [1.807, 2.05) is 12.1 Å². The van der Waals surface area contributed by atoms with Crippen molar-refractivity contribution in [2.24, 2.45) is 11.8 Å². The van der Waals surface area contributed by atoms with Gasteiger partial charge in [-0.15, -0.1) is 0 Å². The molecule has 2 saturated heterocycles. The molecule has 4 heteroatoms. The molecule has 20 heavy (non-hydrogen) atoms. The van der Waals surface area contributed by atoms with Crippen molar-refractivity contribution in [2.45, 2.75) is 25.9 Å². The highest BCUT2D eigenvalue weighted by molar-refractivity contribution is 5.39. The highest BCUT2D eigenvalue weighted by Crippen LogP contribution is 2.42. The van der Waals surface area contributed by atoms with E-state index >= 15 is 0 Å². The predicted octanol–water partition coefficient (Wildman–Crippen LogP) is 1.83. The van der Waals surface area contributed by atoms with Crippen LogP contribution in [0.4, 0.5) is 0 Å². The van der Waals surface area contributed by atoms with Crippen molar-refractivity contribution in [3.63, 3.8) is 0 Å². The Bertz CT molecular complexity index is 501. The summed E-state index contributed by atoms with van der Waals surface area (Å²) in [7, 11) is 1.62. The van der Waals surface area contributed by atoms with Crippen LogP contribution in [0, 0.1) is 11.8 Å². The van der Waals surface area contributed by atoms with Crippen LogP contribution >= 0.6 is 0 Å². The van der Waals surface area contributed by atoms with Crippen LogP contribution in [0.15, 0.2) is 18.2 Å². The van der Waals surface area contributed by atoms with E-state index in [1.54, 1.807) is 13.2 Å². The fourth-order valence-corrected chi connectivity index (χ4v) is 3.78. The Morgan fingerprint density at radius 2 is 2.20 bits per heavy atom. The average molecular weight is 276 g/mol. The lowest BCUT2D eigenvalue weighted by molar-refractivity contribution is 0.131. The molecule has 2 aliphatic rings. The third-order valence-corrected chi connectivity index (χ3v) is 5.17. The minimum Gasteiger partial charge on any atom is -0.507 e. The van der Waals surface area contributed by atoms with E-state index in [1.165, 1.54) is 0 Å². The molecule has 110 valence electrons. The number of likely N-dealkylation sites (tertiary alicyclic amines) is 1. The van der Waals surface area contributed by atoms with Crippen molar-refractivity contribution in [1.82, 2.24) is 10.2 Å². The minimum atomic E-state index is 0.181. The number of phenolic OH excluding ortho intramolecular Hbond substituents is 1. The van der Waals surface area contributed by atoms with Gasteiger partial charge >= 0.3 is 0 Å². The van der Waals surface area contributed by atoms with Crippen LogP contribution in [-0.2, 0) is 6.54 Å². The number of methoxy groups -OCH3 is 1. The zero-order valence-corrected chi connectivity index (χ0v) is 12.5. The van der Waals surface area contributed by atoms with Gasteiger partial charge in [0.2, 0.25) is 0 Å². The summed E-state index contributed by atoms with van der Waals surface area (Å²) < 4.78 is 5.14. The Kier molecular flexibility index (Phi) is 3.38. The number of hydrogen-bond donors (Lipinski definition) is 2. The van der Waals surface area contributed by atoms with Gasteiger partial charge in [-0.3, -0.25) is 4.90 Å². The van der Waals surface area contributed by atoms with E-state index in [0.29, 0.717) is 17.4 Å². The van der Waals surface area contributed by atoms with Crippen LogP contribution in [0.2, 0.25) is 0 Å². The minimum absolute atomic E-state index is 0.181. The number of hydrogen-bond acceptors (Lipinski definition) is 4. The number of benzene rings is 1. The second kappa shape index (κ2) is 4.93. The van der Waals surface area contributed by atoms with E-state index in [-0.39, 0.29) is 5.54 Å². The third kappa shape index (κ3) is 2.17. The summed E-state index contributed by atoms with van der Waals surface area (Å²) >= 11 is 0. The number of aromatic hydroxyl groups is 1. The molecule has 0 aromatic heterocycles. The van der Waals surface area contributed by atoms with E-state index in [0.717, 1.165) is 37.7 Å². The van der Waals surface area contributed by atoms with Gasteiger partial charge in [-0.1, -0.05) is 6.07 Å². The molecule has 0 amide bonds. The molecule has 1 aromatic rings. The first kappa shape index (κ1) is 13.7. The predicted molar refractivity (Wildman–Crippen MR) is 79.0 cm³/mol. The number of phenols is 1. The highest BCUT2D eigenvalue weighted by Gasteiger charge is 2.49. The maximum atomic E-state index is 10.1. The molecule has 2 heterocycles. The number of nitrogens with one attached hydrogen (secondary N) is 1. The van der Waals surface area contributed by atoms with Gasteiger partial charge in [0.1, 0.15) is 11.5 Å². The van der Waals surface area contributed by atoms with Crippen molar-refractivity contribution in [2.75, 3.05) is 26.7 Å². The fourth-order valence-electron chi connectivity index (χ4n) is 3.78. The molecule has 0 spiro atoms. The quantitative estimate of drug-likeness (QED) is 0.884. The van der Waals surface area contributed by atoms with Crippen molar-refractivity contribution in [3.05, 3.63) is 23.8 Å². The monoisotopic (exact) mass is 276 g/mol. The lowest BCUT2D eigenvalue weighted by Crippen LogP contribution is -2.43. The van der Waals surface area contributed by atoms with Gasteiger partial charge in [-0.05, 0) is 38.3 Å². The molecular formula is C16H24N2O2. The van der Waals surface area contributed by atoms with Crippen LogP contribution in [0.25, 0.3) is 0 Å². The van der Waals surface area contributed by atoms with E-state index in [4.69, 9.17) is 4.74 Å². The van der Waals surface area contributed by atoms with Gasteiger partial charge < -0.3 is 15.2 Å².